The van der Waals surface area contributed by atoms with Crippen molar-refractivity contribution in [2.75, 3.05) is 11.4 Å². The number of hydrogen-bond acceptors (Lipinski definition) is 4. The normalized spacial score (nSPS) is 22.2. The molecule has 0 aromatic carbocycles. The maximum Gasteiger partial charge on any atom is 0.329 e. The molecule has 2 rings (SSSR count). The average Bonchev–Trinajstić information content (AvgIpc) is 2.84. The lowest BCUT2D eigenvalue weighted by molar-refractivity contribution is -0.143. The quantitative estimate of drug-likeness (QED) is 0.896. The van der Waals surface area contributed by atoms with E-state index in [1.54, 1.807) is 18.3 Å². The zero-order valence-corrected chi connectivity index (χ0v) is 11.0. The molecule has 1 aromatic rings. The van der Waals surface area contributed by atoms with Gasteiger partial charge in [-0.1, -0.05) is 13.3 Å². The summed E-state index contributed by atoms with van der Waals surface area (Å²) in [5, 5.41) is 18.6. The Morgan fingerprint density at radius 3 is 3.11 bits per heavy atom. The van der Waals surface area contributed by atoms with E-state index in [1.807, 2.05) is 11.8 Å². The molecule has 1 aliphatic heterocycles. The molecule has 0 radical (unpaired) electrons. The van der Waals surface area contributed by atoms with Crippen molar-refractivity contribution >= 4 is 11.8 Å². The Labute approximate surface area is 112 Å². The molecule has 1 N–H and O–H groups in total. The summed E-state index contributed by atoms with van der Waals surface area (Å²) in [6.45, 7) is 2.66. The van der Waals surface area contributed by atoms with Gasteiger partial charge in [0.05, 0.1) is 11.6 Å². The van der Waals surface area contributed by atoms with Gasteiger partial charge in [-0.25, -0.2) is 9.78 Å². The van der Waals surface area contributed by atoms with Crippen LogP contribution in [0.15, 0.2) is 18.3 Å². The number of aliphatic carboxylic acids is 1. The molecule has 0 saturated carbocycles. The molecule has 1 unspecified atom stereocenters. The highest BCUT2D eigenvalue weighted by Crippen LogP contribution is 2.37. The van der Waals surface area contributed by atoms with Crippen LogP contribution in [-0.2, 0) is 4.79 Å². The van der Waals surface area contributed by atoms with Crippen molar-refractivity contribution in [2.45, 2.75) is 38.1 Å². The van der Waals surface area contributed by atoms with E-state index >= 15 is 0 Å². The summed E-state index contributed by atoms with van der Waals surface area (Å²) in [6, 6.07) is 5.36. The molecule has 19 heavy (non-hydrogen) atoms. The van der Waals surface area contributed by atoms with Gasteiger partial charge in [-0.2, -0.15) is 5.26 Å². The third-order valence-corrected chi connectivity index (χ3v) is 3.70. The van der Waals surface area contributed by atoms with Crippen molar-refractivity contribution in [3.63, 3.8) is 0 Å². The fourth-order valence-corrected chi connectivity index (χ4v) is 2.85. The van der Waals surface area contributed by atoms with E-state index in [-0.39, 0.29) is 0 Å². The molecule has 2 heterocycles. The molecule has 0 amide bonds. The third-order valence-electron chi connectivity index (χ3n) is 3.70. The molecular weight excluding hydrogens is 242 g/mol. The minimum absolute atomic E-state index is 0.507. The molecule has 0 aliphatic carbocycles. The number of pyridine rings is 1. The minimum atomic E-state index is -0.865. The number of carboxylic acids is 1. The van der Waals surface area contributed by atoms with Crippen LogP contribution < -0.4 is 4.90 Å². The number of anilines is 1. The van der Waals surface area contributed by atoms with Gasteiger partial charge < -0.3 is 10.0 Å². The number of carbonyl (C=O) groups is 1. The maximum atomic E-state index is 11.7. The van der Waals surface area contributed by atoms with Crippen molar-refractivity contribution in [2.24, 2.45) is 0 Å². The van der Waals surface area contributed by atoms with Crippen LogP contribution in [0.2, 0.25) is 0 Å². The van der Waals surface area contributed by atoms with Crippen LogP contribution >= 0.6 is 0 Å². The Bertz CT molecular complexity index is 524. The first-order valence-electron chi connectivity index (χ1n) is 6.51. The summed E-state index contributed by atoms with van der Waals surface area (Å²) >= 11 is 0. The smallest absolute Gasteiger partial charge is 0.329 e. The second-order valence-corrected chi connectivity index (χ2v) is 4.86. The maximum absolute atomic E-state index is 11.7. The predicted molar refractivity (Wildman–Crippen MR) is 70.8 cm³/mol. The van der Waals surface area contributed by atoms with Gasteiger partial charge in [0.15, 0.2) is 0 Å². The van der Waals surface area contributed by atoms with Gasteiger partial charge in [-0.3, -0.25) is 0 Å². The molecule has 1 aliphatic rings. The second kappa shape index (κ2) is 5.27. The first-order chi connectivity index (χ1) is 9.14. The third kappa shape index (κ3) is 2.26. The van der Waals surface area contributed by atoms with Crippen molar-refractivity contribution in [3.8, 4) is 6.07 Å². The number of rotatable bonds is 4. The van der Waals surface area contributed by atoms with Gasteiger partial charge >= 0.3 is 5.97 Å². The highest BCUT2D eigenvalue weighted by molar-refractivity contribution is 5.84. The largest absolute Gasteiger partial charge is 0.479 e. The SMILES string of the molecule is CCCC1(C(=O)O)CCCN1c1cc(C#N)ccn1. The molecule has 5 nitrogen and oxygen atoms in total. The second-order valence-electron chi connectivity index (χ2n) is 4.86. The fraction of sp³-hybridized carbons (Fsp3) is 0.500. The lowest BCUT2D eigenvalue weighted by atomic mass is 9.90. The van der Waals surface area contributed by atoms with E-state index in [0.29, 0.717) is 30.8 Å². The van der Waals surface area contributed by atoms with Crippen LogP contribution in [0.25, 0.3) is 0 Å². The fourth-order valence-electron chi connectivity index (χ4n) is 2.85. The molecule has 5 heteroatoms. The van der Waals surface area contributed by atoms with Crippen molar-refractivity contribution < 1.29 is 9.90 Å². The zero-order chi connectivity index (χ0) is 13.9. The van der Waals surface area contributed by atoms with E-state index in [0.717, 1.165) is 12.8 Å². The van der Waals surface area contributed by atoms with E-state index in [2.05, 4.69) is 11.1 Å². The number of nitriles is 1. The number of hydrogen-bond donors (Lipinski definition) is 1. The van der Waals surface area contributed by atoms with Gasteiger partial charge in [-0.05, 0) is 31.4 Å². The predicted octanol–water partition coefficient (Wildman–Crippen LogP) is 2.18. The minimum Gasteiger partial charge on any atom is -0.479 e. The lowest BCUT2D eigenvalue weighted by Crippen LogP contribution is -2.51. The molecule has 0 spiro atoms. The van der Waals surface area contributed by atoms with Crippen molar-refractivity contribution in [3.05, 3.63) is 23.9 Å². The number of aromatic nitrogens is 1. The Balaban J connectivity index is 2.41. The van der Waals surface area contributed by atoms with Crippen LogP contribution in [0.3, 0.4) is 0 Å². The van der Waals surface area contributed by atoms with Gasteiger partial charge in [0.1, 0.15) is 11.4 Å². The topological polar surface area (TPSA) is 77.2 Å². The first-order valence-corrected chi connectivity index (χ1v) is 6.51. The summed E-state index contributed by atoms with van der Waals surface area (Å²) in [5.74, 6) is -0.205. The first kappa shape index (κ1) is 13.3. The van der Waals surface area contributed by atoms with Crippen LogP contribution in [0.1, 0.15) is 38.2 Å². The number of nitrogens with zero attached hydrogens (tertiary/aromatic N) is 3. The Kier molecular flexibility index (Phi) is 3.70. The van der Waals surface area contributed by atoms with Crippen molar-refractivity contribution in [1.29, 1.82) is 5.26 Å². The number of carboxylic acid groups (broad SMARTS) is 1. The Morgan fingerprint density at radius 1 is 1.68 bits per heavy atom. The summed E-state index contributed by atoms with van der Waals surface area (Å²) in [7, 11) is 0. The molecule has 1 atom stereocenters. The highest BCUT2D eigenvalue weighted by atomic mass is 16.4. The van der Waals surface area contributed by atoms with Crippen LogP contribution in [-0.4, -0.2) is 28.1 Å². The summed E-state index contributed by atoms with van der Waals surface area (Å²) in [5.41, 5.74) is -0.358. The van der Waals surface area contributed by atoms with Gasteiger partial charge in [-0.15, -0.1) is 0 Å². The van der Waals surface area contributed by atoms with Gasteiger partial charge in [0.25, 0.3) is 0 Å². The van der Waals surface area contributed by atoms with E-state index in [9.17, 15) is 9.90 Å². The van der Waals surface area contributed by atoms with Crippen LogP contribution in [0, 0.1) is 11.3 Å². The average molecular weight is 259 g/mol. The van der Waals surface area contributed by atoms with Crippen molar-refractivity contribution in [1.82, 2.24) is 4.98 Å². The van der Waals surface area contributed by atoms with Gasteiger partial charge in [0.2, 0.25) is 0 Å². The van der Waals surface area contributed by atoms with Crippen LogP contribution in [0.5, 0.6) is 0 Å². The van der Waals surface area contributed by atoms with E-state index in [4.69, 9.17) is 5.26 Å². The highest BCUT2D eigenvalue weighted by Gasteiger charge is 2.47. The Hall–Kier alpha value is -2.09. The summed E-state index contributed by atoms with van der Waals surface area (Å²) in [4.78, 5) is 17.8. The summed E-state index contributed by atoms with van der Waals surface area (Å²) in [6.07, 6.45) is 4.44. The Morgan fingerprint density at radius 2 is 2.47 bits per heavy atom. The standard InChI is InChI=1S/C14H17N3O2/c1-2-5-14(13(18)19)6-3-8-17(14)12-9-11(10-15)4-7-16-12/h4,7,9H,2-3,5-6,8H2,1H3,(H,18,19). The molecule has 100 valence electrons. The monoisotopic (exact) mass is 259 g/mol. The molecular formula is C14H17N3O2. The van der Waals surface area contributed by atoms with E-state index < -0.39 is 11.5 Å². The lowest BCUT2D eigenvalue weighted by Gasteiger charge is -2.35. The summed E-state index contributed by atoms with van der Waals surface area (Å²) < 4.78 is 0. The van der Waals surface area contributed by atoms with Gasteiger partial charge in [0, 0.05) is 12.7 Å². The molecule has 1 fully saturated rings. The van der Waals surface area contributed by atoms with Crippen LogP contribution in [0.4, 0.5) is 5.82 Å². The molecule has 1 saturated heterocycles. The zero-order valence-electron chi connectivity index (χ0n) is 11.0. The molecule has 0 bridgehead atoms. The molecule has 1 aromatic heterocycles. The van der Waals surface area contributed by atoms with E-state index in [1.165, 1.54) is 0 Å².